The van der Waals surface area contributed by atoms with E-state index in [0.29, 0.717) is 23.5 Å². The molecule has 0 saturated carbocycles. The van der Waals surface area contributed by atoms with E-state index in [0.717, 1.165) is 11.8 Å². The molecule has 1 unspecified atom stereocenters. The largest absolute Gasteiger partial charge is 0.497 e. The number of aromatic nitrogens is 4. The van der Waals surface area contributed by atoms with Gasteiger partial charge in [-0.3, -0.25) is 9.69 Å². The molecule has 1 atom stereocenters. The van der Waals surface area contributed by atoms with E-state index in [1.165, 1.54) is 19.2 Å². The maximum absolute atomic E-state index is 14.0. The van der Waals surface area contributed by atoms with Crippen LogP contribution < -0.4 is 14.8 Å². The summed E-state index contributed by atoms with van der Waals surface area (Å²) in [5.41, 5.74) is -0.983. The normalized spacial score (nSPS) is 12.5. The molecule has 35 heavy (non-hydrogen) atoms. The Labute approximate surface area is 200 Å². The van der Waals surface area contributed by atoms with Crippen molar-refractivity contribution < 1.29 is 27.4 Å². The lowest BCUT2D eigenvalue weighted by atomic mass is 10.0. The lowest BCUT2D eigenvalue weighted by molar-refractivity contribution is -0.143. The molecule has 12 heteroatoms. The second kappa shape index (κ2) is 11.2. The van der Waals surface area contributed by atoms with Crippen molar-refractivity contribution >= 4 is 5.91 Å². The zero-order valence-corrected chi connectivity index (χ0v) is 19.8. The minimum absolute atomic E-state index is 0.0818. The highest BCUT2D eigenvalue weighted by Gasteiger charge is 2.41. The minimum atomic E-state index is -4.87. The number of carbonyl (C=O) groups excluding carboxylic acids is 1. The molecule has 2 heterocycles. The molecule has 0 aliphatic carbocycles. The zero-order chi connectivity index (χ0) is 25.6. The number of alkyl halides is 3. The van der Waals surface area contributed by atoms with Gasteiger partial charge in [0.15, 0.2) is 11.5 Å². The summed E-state index contributed by atoms with van der Waals surface area (Å²) in [4.78, 5) is 15.0. The number of nitrogens with zero attached hydrogens (tertiary/aromatic N) is 5. The number of rotatable bonds is 10. The summed E-state index contributed by atoms with van der Waals surface area (Å²) in [7, 11) is 2.91. The molecular formula is C23H27F3N6O3. The molecule has 2 aromatic heterocycles. The van der Waals surface area contributed by atoms with Gasteiger partial charge in [0.1, 0.15) is 5.75 Å². The second-order valence-corrected chi connectivity index (χ2v) is 7.47. The zero-order valence-electron chi connectivity index (χ0n) is 19.8. The molecule has 0 bridgehead atoms. The number of hydrogen-bond acceptors (Lipinski definition) is 7. The van der Waals surface area contributed by atoms with Gasteiger partial charge in [0.05, 0.1) is 32.0 Å². The van der Waals surface area contributed by atoms with Gasteiger partial charge in [-0.2, -0.15) is 18.3 Å². The Morgan fingerprint density at radius 2 is 1.86 bits per heavy atom. The lowest BCUT2D eigenvalue weighted by Gasteiger charge is -2.30. The van der Waals surface area contributed by atoms with E-state index in [-0.39, 0.29) is 24.3 Å². The smallest absolute Gasteiger partial charge is 0.434 e. The van der Waals surface area contributed by atoms with Gasteiger partial charge in [-0.15, -0.1) is 10.2 Å². The summed E-state index contributed by atoms with van der Waals surface area (Å²) in [6.45, 7) is 5.38. The third kappa shape index (κ3) is 5.88. The number of carbonyl (C=O) groups is 1. The molecule has 0 fully saturated rings. The quantitative estimate of drug-likeness (QED) is 0.463. The second-order valence-electron chi connectivity index (χ2n) is 7.47. The van der Waals surface area contributed by atoms with Crippen LogP contribution >= 0.6 is 0 Å². The van der Waals surface area contributed by atoms with Crippen molar-refractivity contribution in [3.63, 3.8) is 0 Å². The van der Waals surface area contributed by atoms with E-state index >= 15 is 0 Å². The number of hydrogen-bond donors (Lipinski definition) is 1. The number of likely N-dealkylation sites (N-methyl/N-ethyl adjacent to an activating group) is 1. The Hall–Kier alpha value is -3.67. The monoisotopic (exact) mass is 492 g/mol. The van der Waals surface area contributed by atoms with Gasteiger partial charge in [-0.05, 0) is 36.9 Å². The van der Waals surface area contributed by atoms with Crippen LogP contribution in [0, 0.1) is 0 Å². The molecule has 9 nitrogen and oxygen atoms in total. The number of ether oxygens (including phenoxy) is 2. The number of halogens is 3. The van der Waals surface area contributed by atoms with Gasteiger partial charge < -0.3 is 14.8 Å². The van der Waals surface area contributed by atoms with Crippen LogP contribution in [0.1, 0.15) is 41.5 Å². The molecule has 0 saturated heterocycles. The average Bonchev–Trinajstić information content (AvgIpc) is 3.32. The fourth-order valence-corrected chi connectivity index (χ4v) is 3.75. The minimum Gasteiger partial charge on any atom is -0.497 e. The molecule has 0 spiro atoms. The highest BCUT2D eigenvalue weighted by atomic mass is 19.4. The highest BCUT2D eigenvalue weighted by molar-refractivity contribution is 5.95. The number of methoxy groups -OCH3 is 2. The van der Waals surface area contributed by atoms with Crippen LogP contribution in [0.2, 0.25) is 0 Å². The van der Waals surface area contributed by atoms with Gasteiger partial charge in [0, 0.05) is 12.6 Å². The number of nitrogens with one attached hydrogen (secondary N) is 1. The summed E-state index contributed by atoms with van der Waals surface area (Å²) >= 11 is 0. The summed E-state index contributed by atoms with van der Waals surface area (Å²) < 4.78 is 52.7. The first-order valence-corrected chi connectivity index (χ1v) is 10.9. The van der Waals surface area contributed by atoms with E-state index in [4.69, 9.17) is 9.47 Å². The van der Waals surface area contributed by atoms with E-state index < -0.39 is 23.3 Å². The topological polar surface area (TPSA) is 94.4 Å². The first-order chi connectivity index (χ1) is 16.7. The van der Waals surface area contributed by atoms with Gasteiger partial charge in [0.25, 0.3) is 5.91 Å². The van der Waals surface area contributed by atoms with E-state index in [1.54, 1.807) is 13.2 Å². The molecule has 3 aromatic rings. The van der Waals surface area contributed by atoms with Crippen molar-refractivity contribution in [3.8, 4) is 17.4 Å². The fourth-order valence-electron chi connectivity index (χ4n) is 3.75. The lowest BCUT2D eigenvalue weighted by Crippen LogP contribution is -2.38. The van der Waals surface area contributed by atoms with Crippen LogP contribution in [0.15, 0.2) is 42.6 Å². The molecule has 1 amide bonds. The van der Waals surface area contributed by atoms with Crippen molar-refractivity contribution in [3.05, 3.63) is 59.4 Å². The Bertz CT molecular complexity index is 1130. The summed E-state index contributed by atoms with van der Waals surface area (Å²) in [5.74, 6) is -0.320. The van der Waals surface area contributed by atoms with E-state index in [2.05, 4.69) is 25.5 Å². The van der Waals surface area contributed by atoms with E-state index in [1.807, 2.05) is 32.0 Å². The highest BCUT2D eigenvalue weighted by Crippen LogP contribution is 2.33. The van der Waals surface area contributed by atoms with Crippen molar-refractivity contribution in [2.75, 3.05) is 33.9 Å². The van der Waals surface area contributed by atoms with Crippen LogP contribution in [-0.2, 0) is 6.18 Å². The third-order valence-corrected chi connectivity index (χ3v) is 5.52. The molecule has 1 aromatic carbocycles. The SMILES string of the molecule is CCN(CC)C(CNC(=O)c1cnn(-c2ccc(OC)nn2)c1C(F)(F)F)c1cccc(OC)c1. The predicted octanol–water partition coefficient (Wildman–Crippen LogP) is 3.51. The summed E-state index contributed by atoms with van der Waals surface area (Å²) in [6, 6.07) is 9.71. The fraction of sp³-hybridized carbons (Fsp3) is 0.391. The first kappa shape index (κ1) is 25.9. The summed E-state index contributed by atoms with van der Waals surface area (Å²) in [6.07, 6.45) is -3.99. The molecule has 0 radical (unpaired) electrons. The molecule has 0 aliphatic heterocycles. The van der Waals surface area contributed by atoms with Crippen LogP contribution in [0.5, 0.6) is 11.6 Å². The maximum Gasteiger partial charge on any atom is 0.434 e. The van der Waals surface area contributed by atoms with Gasteiger partial charge >= 0.3 is 6.18 Å². The Morgan fingerprint density at radius 3 is 2.43 bits per heavy atom. The Morgan fingerprint density at radius 1 is 1.11 bits per heavy atom. The number of benzene rings is 1. The molecular weight excluding hydrogens is 465 g/mol. The van der Waals surface area contributed by atoms with Crippen molar-refractivity contribution in [1.82, 2.24) is 30.2 Å². The third-order valence-electron chi connectivity index (χ3n) is 5.52. The molecule has 3 rings (SSSR count). The van der Waals surface area contributed by atoms with Gasteiger partial charge in [0.2, 0.25) is 5.88 Å². The van der Waals surface area contributed by atoms with Gasteiger partial charge in [-0.25, -0.2) is 4.68 Å². The van der Waals surface area contributed by atoms with Crippen LogP contribution in [-0.4, -0.2) is 64.6 Å². The van der Waals surface area contributed by atoms with Crippen molar-refractivity contribution in [2.45, 2.75) is 26.1 Å². The number of amides is 1. The van der Waals surface area contributed by atoms with Crippen LogP contribution in [0.25, 0.3) is 5.82 Å². The van der Waals surface area contributed by atoms with Crippen LogP contribution in [0.4, 0.5) is 13.2 Å². The first-order valence-electron chi connectivity index (χ1n) is 10.9. The van der Waals surface area contributed by atoms with Crippen molar-refractivity contribution in [1.29, 1.82) is 0 Å². The van der Waals surface area contributed by atoms with E-state index in [9.17, 15) is 18.0 Å². The van der Waals surface area contributed by atoms with Gasteiger partial charge in [-0.1, -0.05) is 26.0 Å². The average molecular weight is 493 g/mol. The Balaban J connectivity index is 1.90. The van der Waals surface area contributed by atoms with Crippen molar-refractivity contribution in [2.24, 2.45) is 0 Å². The Kier molecular flexibility index (Phi) is 8.28. The summed E-state index contributed by atoms with van der Waals surface area (Å²) in [5, 5.41) is 13.8. The standard InChI is InChI=1S/C23H27F3N6O3/c1-5-31(6-2)18(15-8-7-9-16(12-15)34-3)14-27-22(33)17-13-28-32(21(17)23(24,25)26)19-10-11-20(35-4)30-29-19/h7-13,18H,5-6,14H2,1-4H3,(H,27,33). The molecule has 1 N–H and O–H groups in total. The maximum atomic E-state index is 14.0. The van der Waals surface area contributed by atoms with Crippen LogP contribution in [0.3, 0.4) is 0 Å². The molecule has 0 aliphatic rings. The predicted molar refractivity (Wildman–Crippen MR) is 122 cm³/mol. The molecule has 188 valence electrons.